The molecule has 2 atom stereocenters. The van der Waals surface area contributed by atoms with Gasteiger partial charge in [0.2, 0.25) is 17.2 Å². The van der Waals surface area contributed by atoms with Crippen molar-refractivity contribution in [1.29, 1.82) is 0 Å². The van der Waals surface area contributed by atoms with Crippen molar-refractivity contribution in [2.24, 2.45) is 12.8 Å². The molecule has 2 amide bonds. The number of aromatic nitrogens is 4. The summed E-state index contributed by atoms with van der Waals surface area (Å²) in [4.78, 5) is 35.7. The second-order valence-corrected chi connectivity index (χ2v) is 7.11. The Hall–Kier alpha value is -2.12. The highest BCUT2D eigenvalue weighted by atomic mass is 32.2. The lowest BCUT2D eigenvalue weighted by Crippen LogP contribution is -2.83. The van der Waals surface area contributed by atoms with Crippen LogP contribution in [0.2, 0.25) is 0 Å². The van der Waals surface area contributed by atoms with Gasteiger partial charge in [0.25, 0.3) is 5.91 Å². The Kier molecular flexibility index (Phi) is 4.23. The quantitative estimate of drug-likeness (QED) is 0.220. The second-order valence-electron chi connectivity index (χ2n) is 5.10. The molecule has 4 N–H and O–H groups in total. The molecule has 1 fully saturated rings. The van der Waals surface area contributed by atoms with E-state index in [1.807, 2.05) is 0 Å². The minimum absolute atomic E-state index is 0.0971. The molecule has 3 heterocycles. The Morgan fingerprint density at radius 3 is 3.00 bits per heavy atom. The number of nitrogens with one attached hydrogen (secondary N) is 1. The number of carboxylic acids is 1. The van der Waals surface area contributed by atoms with Crippen LogP contribution in [0.5, 0.6) is 0 Å². The van der Waals surface area contributed by atoms with E-state index in [1.54, 1.807) is 7.05 Å². The molecule has 0 aliphatic carbocycles. The van der Waals surface area contributed by atoms with Gasteiger partial charge in [0, 0.05) is 18.6 Å². The second kappa shape index (κ2) is 6.07. The first-order valence-corrected chi connectivity index (χ1v) is 8.69. The summed E-state index contributed by atoms with van der Waals surface area (Å²) in [5.41, 5.74) is 4.79. The van der Waals surface area contributed by atoms with E-state index in [-0.39, 0.29) is 5.70 Å². The number of fused-ring (bicyclic) bond motifs is 1. The maximum absolute atomic E-state index is 12.3. The zero-order valence-corrected chi connectivity index (χ0v) is 14.0. The molecular weight excluding hydrogens is 358 g/mol. The van der Waals surface area contributed by atoms with Gasteiger partial charge in [-0.1, -0.05) is 11.8 Å². The highest BCUT2D eigenvalue weighted by Crippen LogP contribution is 2.44. The van der Waals surface area contributed by atoms with Gasteiger partial charge in [-0.3, -0.25) is 20.2 Å². The van der Waals surface area contributed by atoms with E-state index < -0.39 is 22.9 Å². The number of aliphatic carboxylic acids is 1. The molecule has 0 unspecified atom stereocenters. The predicted molar refractivity (Wildman–Crippen MR) is 83.4 cm³/mol. The molecule has 3 rings (SSSR count). The van der Waals surface area contributed by atoms with Crippen molar-refractivity contribution in [3.63, 3.8) is 0 Å². The summed E-state index contributed by atoms with van der Waals surface area (Å²) >= 11 is 2.57. The van der Waals surface area contributed by atoms with Crippen molar-refractivity contribution in [3.8, 4) is 0 Å². The van der Waals surface area contributed by atoms with E-state index in [0.29, 0.717) is 28.6 Å². The van der Waals surface area contributed by atoms with Crippen molar-refractivity contribution < 1.29 is 19.5 Å². The van der Waals surface area contributed by atoms with Gasteiger partial charge in [-0.05, 0) is 16.0 Å². The number of carboxylic acid groups (broad SMARTS) is 1. The maximum Gasteiger partial charge on any atom is 0.352 e. The molecule has 0 bridgehead atoms. The third-order valence-corrected chi connectivity index (χ3v) is 6.16. The van der Waals surface area contributed by atoms with Crippen LogP contribution < -0.4 is 11.1 Å². The van der Waals surface area contributed by atoms with Crippen LogP contribution in [0.1, 0.15) is 0 Å². The Balaban J connectivity index is 1.85. The molecule has 0 saturated carbocycles. The fraction of sp³-hybridized carbons (Fsp3) is 0.455. The van der Waals surface area contributed by atoms with Gasteiger partial charge < -0.3 is 10.4 Å². The summed E-state index contributed by atoms with van der Waals surface area (Å²) in [5, 5.41) is 22.7. The summed E-state index contributed by atoms with van der Waals surface area (Å²) in [6.07, 6.45) is 0.340. The summed E-state index contributed by atoms with van der Waals surface area (Å²) in [5.74, 6) is -1.17. The third kappa shape index (κ3) is 2.44. The lowest BCUT2D eigenvalue weighted by atomic mass is 9.97. The molecule has 2 aliphatic heterocycles. The fourth-order valence-corrected chi connectivity index (χ4v) is 4.85. The molecule has 128 valence electrons. The maximum atomic E-state index is 12.3. The average molecular weight is 371 g/mol. The SMILES string of the molecule is Cn1nnnc1SCC1=C(C(=O)O)N2C(=O)[C@](N)(NC=O)[C@@H]2SC1. The molecule has 0 spiro atoms. The smallest absolute Gasteiger partial charge is 0.352 e. The minimum Gasteiger partial charge on any atom is -0.477 e. The van der Waals surface area contributed by atoms with Crippen molar-refractivity contribution >= 4 is 41.8 Å². The molecular formula is C11H13N7O4S2. The lowest BCUT2D eigenvalue weighted by Gasteiger charge is -2.54. The Morgan fingerprint density at radius 1 is 1.67 bits per heavy atom. The zero-order chi connectivity index (χ0) is 17.5. The molecule has 24 heavy (non-hydrogen) atoms. The number of hydrogen-bond acceptors (Lipinski definition) is 9. The van der Waals surface area contributed by atoms with Gasteiger partial charge in [0.05, 0.1) is 0 Å². The third-order valence-electron chi connectivity index (χ3n) is 3.65. The summed E-state index contributed by atoms with van der Waals surface area (Å²) < 4.78 is 1.47. The van der Waals surface area contributed by atoms with Crippen LogP contribution >= 0.6 is 23.5 Å². The van der Waals surface area contributed by atoms with Crippen molar-refractivity contribution in [2.45, 2.75) is 16.2 Å². The predicted octanol–water partition coefficient (Wildman–Crippen LogP) is -2.04. The van der Waals surface area contributed by atoms with E-state index >= 15 is 0 Å². The van der Waals surface area contributed by atoms with E-state index in [2.05, 4.69) is 20.8 Å². The van der Waals surface area contributed by atoms with Gasteiger partial charge in [-0.15, -0.1) is 16.9 Å². The van der Waals surface area contributed by atoms with Gasteiger partial charge in [0.15, 0.2) is 0 Å². The lowest BCUT2D eigenvalue weighted by molar-refractivity contribution is -0.157. The van der Waals surface area contributed by atoms with Crippen LogP contribution in [-0.4, -0.2) is 71.0 Å². The number of amides is 2. The first-order chi connectivity index (χ1) is 11.4. The van der Waals surface area contributed by atoms with Crippen molar-refractivity contribution in [2.75, 3.05) is 11.5 Å². The van der Waals surface area contributed by atoms with Crippen molar-refractivity contribution in [3.05, 3.63) is 11.3 Å². The number of thioether (sulfide) groups is 2. The number of carbonyl (C=O) groups excluding carboxylic acids is 2. The van der Waals surface area contributed by atoms with Gasteiger partial charge in [-0.25, -0.2) is 9.48 Å². The summed E-state index contributed by atoms with van der Waals surface area (Å²) in [6, 6.07) is 0. The topological polar surface area (TPSA) is 156 Å². The number of carbonyl (C=O) groups is 3. The van der Waals surface area contributed by atoms with Crippen LogP contribution in [0.15, 0.2) is 16.4 Å². The molecule has 1 aromatic heterocycles. The normalized spacial score (nSPS) is 26.0. The van der Waals surface area contributed by atoms with E-state index in [1.165, 1.54) is 28.2 Å². The molecule has 2 aliphatic rings. The zero-order valence-electron chi connectivity index (χ0n) is 12.4. The summed E-state index contributed by atoms with van der Waals surface area (Å²) in [6.45, 7) is 0. The highest BCUT2D eigenvalue weighted by molar-refractivity contribution is 8.01. The first kappa shape index (κ1) is 16.7. The molecule has 11 nitrogen and oxygen atoms in total. The fourth-order valence-electron chi connectivity index (χ4n) is 2.48. The van der Waals surface area contributed by atoms with E-state index in [9.17, 15) is 19.5 Å². The molecule has 0 radical (unpaired) electrons. The molecule has 13 heteroatoms. The number of β-lactam (4-membered cyclic amide) rings is 1. The summed E-state index contributed by atoms with van der Waals surface area (Å²) in [7, 11) is 1.67. The average Bonchev–Trinajstić information content (AvgIpc) is 2.96. The number of hydrogen-bond donors (Lipinski definition) is 3. The van der Waals surface area contributed by atoms with E-state index in [4.69, 9.17) is 5.73 Å². The number of rotatable bonds is 6. The van der Waals surface area contributed by atoms with Crippen LogP contribution in [0, 0.1) is 0 Å². The number of nitrogens with two attached hydrogens (primary N) is 1. The number of aryl methyl sites for hydroxylation is 1. The van der Waals surface area contributed by atoms with Crippen molar-refractivity contribution in [1.82, 2.24) is 30.4 Å². The monoisotopic (exact) mass is 371 g/mol. The van der Waals surface area contributed by atoms with Crippen LogP contribution in [0.3, 0.4) is 0 Å². The number of tetrazole rings is 1. The Bertz CT molecular complexity index is 750. The Morgan fingerprint density at radius 2 is 2.42 bits per heavy atom. The van der Waals surface area contributed by atoms with Crippen LogP contribution in [0.4, 0.5) is 0 Å². The first-order valence-electron chi connectivity index (χ1n) is 6.66. The largest absolute Gasteiger partial charge is 0.477 e. The van der Waals surface area contributed by atoms with Crippen LogP contribution in [-0.2, 0) is 21.4 Å². The molecule has 0 aromatic carbocycles. The molecule has 1 saturated heterocycles. The van der Waals surface area contributed by atoms with E-state index in [0.717, 1.165) is 4.90 Å². The van der Waals surface area contributed by atoms with Gasteiger partial charge >= 0.3 is 5.97 Å². The van der Waals surface area contributed by atoms with Gasteiger partial charge in [-0.2, -0.15) is 0 Å². The number of nitrogens with zero attached hydrogens (tertiary/aromatic N) is 5. The standard InChI is InChI=1S/C11H13N7O4S2/c1-17-10(14-15-16-17)24-3-5-2-23-9-11(12,13-4-19)8(22)18(9)6(5)7(20)21/h4,9H,2-3,12H2,1H3,(H,13,19)(H,20,21)/t9-,11-/m0/s1. The highest BCUT2D eigenvalue weighted by Gasteiger charge is 2.62. The minimum atomic E-state index is -1.57. The Labute approximate surface area is 144 Å². The van der Waals surface area contributed by atoms with Crippen LogP contribution in [0.25, 0.3) is 0 Å². The molecule has 1 aromatic rings. The van der Waals surface area contributed by atoms with Gasteiger partial charge in [0.1, 0.15) is 11.1 Å².